The molecule has 32 nitrogen and oxygen atoms in total. The van der Waals surface area contributed by atoms with Gasteiger partial charge in [0.25, 0.3) is 11.8 Å². The fourth-order valence-electron chi connectivity index (χ4n) is 13.2. The van der Waals surface area contributed by atoms with Gasteiger partial charge in [-0.25, -0.2) is 14.4 Å². The Hall–Kier alpha value is -9.11. The number of primary amides is 1. The molecule has 0 spiro atoms. The zero-order valence-corrected chi connectivity index (χ0v) is 65.2. The Balaban J connectivity index is 1.36. The van der Waals surface area contributed by atoms with Crippen molar-refractivity contribution < 1.29 is 96.2 Å². The van der Waals surface area contributed by atoms with E-state index in [9.17, 15) is 67.4 Å². The lowest BCUT2D eigenvalue weighted by Gasteiger charge is -2.41. The highest BCUT2D eigenvalue weighted by atomic mass is 16.6. The molecule has 0 saturated carbocycles. The number of carboxylic acid groups (broad SMARTS) is 1. The van der Waals surface area contributed by atoms with Crippen LogP contribution in [0.25, 0.3) is 0 Å². The third kappa shape index (κ3) is 28.8. The molecule has 1 saturated heterocycles. The number of nitrogens with zero attached hydrogens (tertiary/aromatic N) is 5. The van der Waals surface area contributed by atoms with E-state index >= 15 is 0 Å². The van der Waals surface area contributed by atoms with E-state index in [1.165, 1.54) is 43.2 Å². The van der Waals surface area contributed by atoms with E-state index in [1.807, 2.05) is 32.0 Å². The molecule has 2 aromatic rings. The first-order valence-electron chi connectivity index (χ1n) is 37.2. The molecule has 0 unspecified atom stereocenters. The van der Waals surface area contributed by atoms with Crippen LogP contribution in [0.3, 0.4) is 0 Å². The Morgan fingerprint density at radius 1 is 0.694 bits per heavy atom. The zero-order chi connectivity index (χ0) is 80.5. The molecule has 2 aromatic carbocycles. The van der Waals surface area contributed by atoms with E-state index in [0.29, 0.717) is 56.2 Å². The average Bonchev–Trinajstić information content (AvgIpc) is 1.23. The van der Waals surface area contributed by atoms with Crippen molar-refractivity contribution in [3.63, 3.8) is 0 Å². The number of amides is 13. The summed E-state index contributed by atoms with van der Waals surface area (Å²) in [5.41, 5.74) is 6.71. The molecule has 0 aromatic heterocycles. The second-order valence-corrected chi connectivity index (χ2v) is 28.6. The molecule has 4 rings (SSSR count). The van der Waals surface area contributed by atoms with E-state index in [4.69, 9.17) is 34.5 Å². The number of rotatable bonds is 48. The highest BCUT2D eigenvalue weighted by Gasteiger charge is 2.44. The maximum Gasteiger partial charge on any atom is 0.410 e. The number of ether oxygens (including phenoxy) is 5. The number of benzene rings is 2. The van der Waals surface area contributed by atoms with Crippen molar-refractivity contribution in [2.45, 2.75) is 201 Å². The number of carboxylic acids is 1. The minimum Gasteiger partial charge on any atom is -0.480 e. The minimum atomic E-state index is -1.20. The summed E-state index contributed by atoms with van der Waals surface area (Å²) in [5, 5.41) is 36.4. The number of urea groups is 1. The summed E-state index contributed by atoms with van der Waals surface area (Å²) in [6.07, 6.45) is 2.61. The predicted octanol–water partition coefficient (Wildman–Crippen LogP) is 4.02. The number of carbonyl (C=O) groups excluding carboxylic acids is 12. The van der Waals surface area contributed by atoms with Crippen LogP contribution >= 0.6 is 0 Å². The van der Waals surface area contributed by atoms with Gasteiger partial charge in [0.05, 0.1) is 62.0 Å². The van der Waals surface area contributed by atoms with Crippen LogP contribution in [-0.4, -0.2) is 254 Å². The molecule has 2 heterocycles. The first-order valence-corrected chi connectivity index (χ1v) is 37.2. The molecule has 602 valence electrons. The van der Waals surface area contributed by atoms with Crippen LogP contribution in [-0.2, 0) is 83.0 Å². The Morgan fingerprint density at radius 2 is 1.32 bits per heavy atom. The van der Waals surface area contributed by atoms with Crippen molar-refractivity contribution >= 4 is 82.9 Å². The van der Waals surface area contributed by atoms with Crippen LogP contribution in [0.1, 0.15) is 151 Å². The Bertz CT molecular complexity index is 3310. The third-order valence-corrected chi connectivity index (χ3v) is 19.5. The van der Waals surface area contributed by atoms with Gasteiger partial charge in [0.1, 0.15) is 44.0 Å². The van der Waals surface area contributed by atoms with Gasteiger partial charge in [0, 0.05) is 85.3 Å². The van der Waals surface area contributed by atoms with E-state index in [0.717, 1.165) is 9.80 Å². The van der Waals surface area contributed by atoms with Crippen molar-refractivity contribution in [1.29, 1.82) is 0 Å². The fraction of sp³-hybridized carbons (Fsp3) is 0.645. The molecule has 0 bridgehead atoms. The summed E-state index contributed by atoms with van der Waals surface area (Å²) >= 11 is 0. The number of unbranched alkanes of at least 4 members (excludes halogenated alkanes) is 2. The quantitative estimate of drug-likeness (QED) is 0.0334. The lowest BCUT2D eigenvalue weighted by Crippen LogP contribution is -2.60. The van der Waals surface area contributed by atoms with Crippen LogP contribution in [0.2, 0.25) is 0 Å². The van der Waals surface area contributed by atoms with E-state index in [2.05, 4.69) is 31.9 Å². The van der Waals surface area contributed by atoms with Gasteiger partial charge in [-0.3, -0.25) is 57.7 Å². The fourth-order valence-corrected chi connectivity index (χ4v) is 13.2. The first-order chi connectivity index (χ1) is 51.2. The lowest BCUT2D eigenvalue weighted by molar-refractivity contribution is -0.148. The van der Waals surface area contributed by atoms with Crippen LogP contribution in [0.4, 0.5) is 15.3 Å². The number of aliphatic hydroxyl groups is 1. The van der Waals surface area contributed by atoms with Crippen molar-refractivity contribution in [2.24, 2.45) is 35.3 Å². The molecule has 13 amide bonds. The predicted molar refractivity (Wildman–Crippen MR) is 399 cm³/mol. The minimum absolute atomic E-state index is 0.00354. The number of hydrogen-bond donors (Lipinski definition) is 9. The number of carbonyl (C=O) groups is 13. The molecule has 10 N–H and O–H groups in total. The summed E-state index contributed by atoms with van der Waals surface area (Å²) < 4.78 is 28.5. The topological polar surface area (TPSA) is 423 Å². The van der Waals surface area contributed by atoms with Gasteiger partial charge in [-0.1, -0.05) is 118 Å². The summed E-state index contributed by atoms with van der Waals surface area (Å²) in [6.45, 7) is 16.9. The first kappa shape index (κ1) is 91.3. The van der Waals surface area contributed by atoms with Gasteiger partial charge in [0.15, 0.2) is 0 Å². The lowest BCUT2D eigenvalue weighted by atomic mass is 9.89. The number of aliphatic carboxylic acids is 1. The standard InChI is InChI=1S/C76H118N12O20/c1-15-49(8)67(57(104-13)42-62(93)87-37-23-27-56(87)69(105-14)50(9)70(97)79-51(10)68(96)53-24-18-16-19-25-53)84(11)74(101)65(47(4)5)83-73(100)66(48(6)7)85(12)76(103)108-43-52-29-31-54(32-30-52)80-71(98)55(26-22-35-78-75(77)102)81-72(99)64(46(2)3)82-58(89)44-106-40-38-86(39-41-107-45-63(94)95)59(90)28-20-17-21-36-88-60(91)33-34-61(88)92/h16,18-19,24-25,29-34,46-51,55-57,64-69,96H,15,17,20-23,26-28,35-45H2,1-14H3,(H,79,97)(H,80,98)(H,81,99)(H,82,89)(H,83,100)(H,94,95)(H3,77,78,102)/t49-,50+,51+,55-,56-,57+,64-,65-,66-,67-,68+,69+/m0/s1. The second kappa shape index (κ2) is 46.3. The van der Waals surface area contributed by atoms with Crippen LogP contribution in [0, 0.1) is 29.6 Å². The summed E-state index contributed by atoms with van der Waals surface area (Å²) in [6, 6.07) is 8.21. The maximum absolute atomic E-state index is 14.9. The number of nitrogens with one attached hydrogen (secondary N) is 6. The molecular formula is C76H118N12O20. The van der Waals surface area contributed by atoms with Crippen LogP contribution in [0.15, 0.2) is 66.7 Å². The van der Waals surface area contributed by atoms with E-state index in [1.54, 1.807) is 104 Å². The molecular weight excluding hydrogens is 1400 g/mol. The van der Waals surface area contributed by atoms with Gasteiger partial charge in [0.2, 0.25) is 47.3 Å². The van der Waals surface area contributed by atoms with Gasteiger partial charge < -0.3 is 86.2 Å². The zero-order valence-electron chi connectivity index (χ0n) is 65.2. The normalized spacial score (nSPS) is 16.6. The molecule has 12 atom stereocenters. The van der Waals surface area contributed by atoms with Crippen molar-refractivity contribution in [3.8, 4) is 0 Å². The molecule has 1 fully saturated rings. The van der Waals surface area contributed by atoms with Gasteiger partial charge >= 0.3 is 18.1 Å². The highest BCUT2D eigenvalue weighted by Crippen LogP contribution is 2.31. The smallest absolute Gasteiger partial charge is 0.410 e. The number of methoxy groups -OCH3 is 2. The van der Waals surface area contributed by atoms with Gasteiger partial charge in [-0.05, 0) is 92.4 Å². The molecule has 32 heteroatoms. The molecule has 0 radical (unpaired) electrons. The number of hydrogen-bond acceptors (Lipinski definition) is 19. The van der Waals surface area contributed by atoms with Crippen LogP contribution in [0.5, 0.6) is 0 Å². The largest absolute Gasteiger partial charge is 0.480 e. The third-order valence-electron chi connectivity index (χ3n) is 19.5. The van der Waals surface area contributed by atoms with Crippen molar-refractivity contribution in [1.82, 2.24) is 51.1 Å². The van der Waals surface area contributed by atoms with Crippen molar-refractivity contribution in [3.05, 3.63) is 77.9 Å². The number of likely N-dealkylation sites (N-methyl/N-ethyl adjacent to an activating group) is 2. The molecule has 2 aliphatic rings. The number of likely N-dealkylation sites (tertiary alicyclic amines) is 1. The van der Waals surface area contributed by atoms with Crippen LogP contribution < -0.4 is 37.6 Å². The molecule has 108 heavy (non-hydrogen) atoms. The number of anilines is 1. The molecule has 0 aliphatic carbocycles. The Kier molecular flexibility index (Phi) is 39.1. The monoisotopic (exact) mass is 1520 g/mol. The maximum atomic E-state index is 14.9. The van der Waals surface area contributed by atoms with Gasteiger partial charge in [-0.2, -0.15) is 0 Å². The highest BCUT2D eigenvalue weighted by molar-refractivity contribution is 6.12. The van der Waals surface area contributed by atoms with Gasteiger partial charge in [-0.15, -0.1) is 0 Å². The summed E-state index contributed by atoms with van der Waals surface area (Å²) in [5.74, 6) is -8.28. The number of imide groups is 1. The van der Waals surface area contributed by atoms with E-state index < -0.39 is 157 Å². The molecule has 2 aliphatic heterocycles. The summed E-state index contributed by atoms with van der Waals surface area (Å²) in [7, 11) is 6.03. The number of nitrogens with two attached hydrogens (primary N) is 1. The Morgan fingerprint density at radius 3 is 1.90 bits per heavy atom. The average molecular weight is 1520 g/mol. The van der Waals surface area contributed by atoms with Crippen molar-refractivity contribution in [2.75, 3.05) is 92.8 Å². The number of aliphatic hydroxyl groups excluding tert-OH is 1. The SMILES string of the molecule is CC[C@H](C)[C@@H]([C@@H](CC(=O)N1CCC[C@H]1[C@H](OC)[C@@H](C)C(=O)N[C@H](C)[C@@H](O)c1ccccc1)OC)N(C)C(=O)[C@@H](NC(=O)[C@H](C(C)C)N(C)C(=O)OCc1ccc(NC(=O)[C@H](CCCNC(N)=O)NC(=O)[C@@H](NC(=O)COCCN(CCOCC(=O)O)C(=O)CCCCCN2C(=O)C=CC2=O)C(C)C)cc1)C(C)C. The van der Waals surface area contributed by atoms with E-state index in [-0.39, 0.29) is 101 Å². The summed E-state index contributed by atoms with van der Waals surface area (Å²) in [4.78, 5) is 179. The Labute approximate surface area is 634 Å². The second-order valence-electron chi connectivity index (χ2n) is 28.6.